The number of hydrazine groups is 1. The fourth-order valence-electron chi connectivity index (χ4n) is 2.10. The Kier molecular flexibility index (Phi) is 5.55. The van der Waals surface area contributed by atoms with Crippen LogP contribution in [0.25, 0.3) is 0 Å². The normalized spacial score (nSPS) is 12.0. The summed E-state index contributed by atoms with van der Waals surface area (Å²) in [6.45, 7) is 0. The van der Waals surface area contributed by atoms with E-state index in [0.717, 1.165) is 27.2 Å². The second kappa shape index (κ2) is 7.40. The van der Waals surface area contributed by atoms with Gasteiger partial charge in [0.15, 0.2) is 0 Å². The van der Waals surface area contributed by atoms with Gasteiger partial charge in [-0.2, -0.15) is 0 Å². The Hall–Kier alpha value is -1.63. The standard InChI is InChI=1S/C15H18BrN3O2/c1-20-12-5-6-13(15(8-12)21-2)14(19-17)7-11-4-3-10(16)9-18-11/h3-6,8-9,14,19H,7,17H2,1-2H3. The summed E-state index contributed by atoms with van der Waals surface area (Å²) in [4.78, 5) is 4.37. The number of halogens is 1. The van der Waals surface area contributed by atoms with Crippen LogP contribution in [-0.4, -0.2) is 19.2 Å². The van der Waals surface area contributed by atoms with Gasteiger partial charge in [-0.25, -0.2) is 0 Å². The van der Waals surface area contributed by atoms with Crippen molar-refractivity contribution in [2.24, 2.45) is 5.84 Å². The Balaban J connectivity index is 2.26. The SMILES string of the molecule is COc1ccc(C(Cc2ccc(Br)cn2)NN)c(OC)c1. The number of hydrogen-bond acceptors (Lipinski definition) is 5. The van der Waals surface area contributed by atoms with Gasteiger partial charge >= 0.3 is 0 Å². The molecular weight excluding hydrogens is 334 g/mol. The van der Waals surface area contributed by atoms with Crippen molar-refractivity contribution < 1.29 is 9.47 Å². The van der Waals surface area contributed by atoms with E-state index in [0.29, 0.717) is 6.42 Å². The lowest BCUT2D eigenvalue weighted by molar-refractivity contribution is 0.384. The minimum atomic E-state index is -0.0977. The van der Waals surface area contributed by atoms with E-state index < -0.39 is 0 Å². The smallest absolute Gasteiger partial charge is 0.127 e. The van der Waals surface area contributed by atoms with E-state index in [1.807, 2.05) is 30.3 Å². The Morgan fingerprint density at radius 3 is 2.62 bits per heavy atom. The highest BCUT2D eigenvalue weighted by molar-refractivity contribution is 9.10. The first-order chi connectivity index (χ1) is 10.2. The Morgan fingerprint density at radius 2 is 2.05 bits per heavy atom. The van der Waals surface area contributed by atoms with E-state index in [2.05, 4.69) is 26.3 Å². The van der Waals surface area contributed by atoms with Gasteiger partial charge in [-0.15, -0.1) is 0 Å². The fourth-order valence-corrected chi connectivity index (χ4v) is 2.34. The molecule has 112 valence electrons. The van der Waals surface area contributed by atoms with E-state index >= 15 is 0 Å². The van der Waals surface area contributed by atoms with Crippen LogP contribution in [0.15, 0.2) is 41.0 Å². The lowest BCUT2D eigenvalue weighted by atomic mass is 10.0. The van der Waals surface area contributed by atoms with Gasteiger partial charge in [-0.1, -0.05) is 6.07 Å². The molecule has 0 saturated carbocycles. The van der Waals surface area contributed by atoms with Crippen LogP contribution in [0.4, 0.5) is 0 Å². The summed E-state index contributed by atoms with van der Waals surface area (Å²) in [6, 6.07) is 9.50. The molecule has 0 aliphatic rings. The number of ether oxygens (including phenoxy) is 2. The molecule has 1 atom stereocenters. The Bertz CT molecular complexity index is 590. The van der Waals surface area contributed by atoms with Gasteiger partial charge in [0.2, 0.25) is 0 Å². The predicted molar refractivity (Wildman–Crippen MR) is 85.3 cm³/mol. The number of nitrogens with zero attached hydrogens (tertiary/aromatic N) is 1. The first-order valence-electron chi connectivity index (χ1n) is 6.46. The van der Waals surface area contributed by atoms with Gasteiger partial charge in [0.05, 0.1) is 20.3 Å². The largest absolute Gasteiger partial charge is 0.497 e. The third-order valence-electron chi connectivity index (χ3n) is 3.22. The monoisotopic (exact) mass is 351 g/mol. The highest BCUT2D eigenvalue weighted by Crippen LogP contribution is 2.30. The molecule has 0 fully saturated rings. The zero-order valence-electron chi connectivity index (χ0n) is 12.0. The summed E-state index contributed by atoms with van der Waals surface area (Å²) in [5.41, 5.74) is 4.73. The molecule has 1 aromatic carbocycles. The van der Waals surface area contributed by atoms with E-state index in [1.165, 1.54) is 0 Å². The van der Waals surface area contributed by atoms with Crippen LogP contribution >= 0.6 is 15.9 Å². The molecule has 1 unspecified atom stereocenters. The zero-order valence-corrected chi connectivity index (χ0v) is 13.6. The van der Waals surface area contributed by atoms with Gasteiger partial charge in [-0.05, 0) is 34.1 Å². The van der Waals surface area contributed by atoms with E-state index in [4.69, 9.17) is 15.3 Å². The van der Waals surface area contributed by atoms with Gasteiger partial charge in [0, 0.05) is 34.4 Å². The zero-order chi connectivity index (χ0) is 15.2. The van der Waals surface area contributed by atoms with Crippen molar-refractivity contribution in [1.82, 2.24) is 10.4 Å². The minimum absolute atomic E-state index is 0.0977. The van der Waals surface area contributed by atoms with Crippen LogP contribution in [0, 0.1) is 0 Å². The van der Waals surface area contributed by atoms with Gasteiger partial charge in [0.1, 0.15) is 11.5 Å². The molecule has 2 aromatic rings. The van der Waals surface area contributed by atoms with Crippen molar-refractivity contribution in [1.29, 1.82) is 0 Å². The number of methoxy groups -OCH3 is 2. The molecule has 0 saturated heterocycles. The summed E-state index contributed by atoms with van der Waals surface area (Å²) in [5.74, 6) is 7.18. The number of benzene rings is 1. The van der Waals surface area contributed by atoms with Crippen molar-refractivity contribution in [3.8, 4) is 11.5 Å². The minimum Gasteiger partial charge on any atom is -0.497 e. The molecule has 2 rings (SSSR count). The van der Waals surface area contributed by atoms with Crippen LogP contribution in [0.3, 0.4) is 0 Å². The van der Waals surface area contributed by atoms with Crippen LogP contribution in [0.2, 0.25) is 0 Å². The average Bonchev–Trinajstić information content (AvgIpc) is 2.53. The van der Waals surface area contributed by atoms with Gasteiger partial charge in [0.25, 0.3) is 0 Å². The summed E-state index contributed by atoms with van der Waals surface area (Å²) in [7, 11) is 3.25. The topological polar surface area (TPSA) is 69.4 Å². The summed E-state index contributed by atoms with van der Waals surface area (Å²) in [5, 5.41) is 0. The number of aromatic nitrogens is 1. The molecule has 0 radical (unpaired) electrons. The van der Waals surface area contributed by atoms with Crippen LogP contribution in [0.5, 0.6) is 11.5 Å². The van der Waals surface area contributed by atoms with Crippen molar-refractivity contribution in [2.45, 2.75) is 12.5 Å². The molecule has 1 aromatic heterocycles. The predicted octanol–water partition coefficient (Wildman–Crippen LogP) is 2.61. The molecule has 3 N–H and O–H groups in total. The number of rotatable bonds is 6. The molecule has 21 heavy (non-hydrogen) atoms. The molecule has 5 nitrogen and oxygen atoms in total. The van der Waals surface area contributed by atoms with Crippen molar-refractivity contribution in [3.63, 3.8) is 0 Å². The molecule has 0 amide bonds. The second-order valence-electron chi connectivity index (χ2n) is 4.50. The fraction of sp³-hybridized carbons (Fsp3) is 0.267. The van der Waals surface area contributed by atoms with Crippen LogP contribution < -0.4 is 20.7 Å². The molecule has 0 bridgehead atoms. The lowest BCUT2D eigenvalue weighted by Crippen LogP contribution is -2.30. The maximum Gasteiger partial charge on any atom is 0.127 e. The number of nitrogens with two attached hydrogens (primary N) is 1. The molecule has 0 aliphatic carbocycles. The molecule has 0 aliphatic heterocycles. The first kappa shape index (κ1) is 15.8. The average molecular weight is 352 g/mol. The number of pyridine rings is 1. The molecule has 1 heterocycles. The van der Waals surface area contributed by atoms with Crippen molar-refractivity contribution >= 4 is 15.9 Å². The van der Waals surface area contributed by atoms with Crippen LogP contribution in [-0.2, 0) is 6.42 Å². The summed E-state index contributed by atoms with van der Waals surface area (Å²) < 4.78 is 11.6. The first-order valence-corrected chi connectivity index (χ1v) is 7.25. The quantitative estimate of drug-likeness (QED) is 0.618. The summed E-state index contributed by atoms with van der Waals surface area (Å²) >= 11 is 3.38. The second-order valence-corrected chi connectivity index (χ2v) is 5.41. The third-order valence-corrected chi connectivity index (χ3v) is 3.69. The lowest BCUT2D eigenvalue weighted by Gasteiger charge is -2.19. The molecular formula is C15H18BrN3O2. The Labute approximate surface area is 132 Å². The maximum atomic E-state index is 5.70. The highest BCUT2D eigenvalue weighted by atomic mass is 79.9. The highest BCUT2D eigenvalue weighted by Gasteiger charge is 2.17. The maximum absolute atomic E-state index is 5.70. The molecule has 0 spiro atoms. The van der Waals surface area contributed by atoms with Crippen molar-refractivity contribution in [3.05, 3.63) is 52.3 Å². The van der Waals surface area contributed by atoms with Gasteiger partial charge in [-0.3, -0.25) is 16.3 Å². The number of hydrogen-bond donors (Lipinski definition) is 2. The third kappa shape index (κ3) is 3.93. The van der Waals surface area contributed by atoms with Gasteiger partial charge < -0.3 is 9.47 Å². The summed E-state index contributed by atoms with van der Waals surface area (Å²) in [6.07, 6.45) is 2.43. The van der Waals surface area contributed by atoms with E-state index in [9.17, 15) is 0 Å². The van der Waals surface area contributed by atoms with Crippen molar-refractivity contribution in [2.75, 3.05) is 14.2 Å². The van der Waals surface area contributed by atoms with E-state index in [1.54, 1.807) is 20.4 Å². The van der Waals surface area contributed by atoms with Crippen LogP contribution in [0.1, 0.15) is 17.3 Å². The molecule has 6 heteroatoms. The Morgan fingerprint density at radius 1 is 1.24 bits per heavy atom. The number of nitrogens with one attached hydrogen (secondary N) is 1. The van der Waals surface area contributed by atoms with E-state index in [-0.39, 0.29) is 6.04 Å².